The van der Waals surface area contributed by atoms with E-state index in [0.717, 1.165) is 0 Å². The van der Waals surface area contributed by atoms with Crippen molar-refractivity contribution in [1.82, 2.24) is 0 Å². The van der Waals surface area contributed by atoms with Gasteiger partial charge >= 0.3 is 0 Å². The van der Waals surface area contributed by atoms with Gasteiger partial charge in [0.1, 0.15) is 0 Å². The first-order chi connectivity index (χ1) is 6.85. The van der Waals surface area contributed by atoms with Crippen molar-refractivity contribution in [1.29, 1.82) is 0 Å². The minimum Gasteiger partial charge on any atom is -0.435 e. The van der Waals surface area contributed by atoms with E-state index in [1.165, 1.54) is 0 Å². The van der Waals surface area contributed by atoms with Crippen LogP contribution in [0.5, 0.6) is 0 Å². The van der Waals surface area contributed by atoms with Crippen molar-refractivity contribution >= 4 is 25.2 Å². The van der Waals surface area contributed by atoms with Crippen molar-refractivity contribution in [2.45, 2.75) is 52.4 Å². The van der Waals surface area contributed by atoms with Gasteiger partial charge in [-0.2, -0.15) is 0 Å². The third-order valence-corrected chi connectivity index (χ3v) is 3.67. The first kappa shape index (κ1) is 21.4. The number of hydrogen-bond donors (Lipinski definition) is 1. The molecule has 0 spiro atoms. The molecule has 1 nitrogen and oxygen atoms in total. The van der Waals surface area contributed by atoms with Crippen LogP contribution < -0.4 is 0 Å². The van der Waals surface area contributed by atoms with E-state index >= 15 is 0 Å². The van der Waals surface area contributed by atoms with Crippen LogP contribution in [0.15, 0.2) is 24.6 Å². The molecule has 0 amide bonds. The average Bonchev–Trinajstić information content (AvgIpc) is 2.02. The van der Waals surface area contributed by atoms with E-state index < -0.39 is 25.2 Å². The standard InChI is InChI=1S/2C5H12Si.C2H8OSi/c2*1-5-6(2,3)4;1-4(2)3/h2*5H,1H2,2-4H3;3-4H,1-2H3. The predicted molar refractivity (Wildman–Crippen MR) is 88.2 cm³/mol. The predicted octanol–water partition coefficient (Wildman–Crippen LogP) is 4.06. The molecule has 98 valence electrons. The van der Waals surface area contributed by atoms with Crippen LogP contribution in [0, 0.1) is 0 Å². The Hall–Kier alpha value is 0.0906. The first-order valence-corrected chi connectivity index (χ1v) is 15.8. The maximum absolute atomic E-state index is 8.19. The van der Waals surface area contributed by atoms with E-state index in [0.29, 0.717) is 0 Å². The summed E-state index contributed by atoms with van der Waals surface area (Å²) >= 11 is 0. The summed E-state index contributed by atoms with van der Waals surface area (Å²) in [5, 5.41) is 0. The SMILES string of the molecule is C=C[Si](C)(C)C.C=C[Si](C)(C)C.C[SiH](C)O. The fourth-order valence-electron chi connectivity index (χ4n) is 0. The van der Waals surface area contributed by atoms with E-state index in [1.807, 2.05) is 13.1 Å². The van der Waals surface area contributed by atoms with Gasteiger partial charge in [0.05, 0.1) is 16.1 Å². The van der Waals surface area contributed by atoms with Gasteiger partial charge in [0, 0.05) is 0 Å². The molecular weight excluding hydrogens is 244 g/mol. The molecule has 0 bridgehead atoms. The molecule has 0 aliphatic rings. The fourth-order valence-corrected chi connectivity index (χ4v) is 0. The Bertz CT molecular complexity index is 155. The molecule has 0 aliphatic carbocycles. The van der Waals surface area contributed by atoms with Crippen LogP contribution in [0.25, 0.3) is 0 Å². The van der Waals surface area contributed by atoms with Crippen LogP contribution in [-0.2, 0) is 0 Å². The van der Waals surface area contributed by atoms with Gasteiger partial charge in [0.15, 0.2) is 9.04 Å². The summed E-state index contributed by atoms with van der Waals surface area (Å²) in [6, 6.07) is 0. The molecule has 0 rings (SSSR count). The minimum atomic E-state index is -1.14. The molecule has 0 fully saturated rings. The first-order valence-electron chi connectivity index (χ1n) is 5.81. The molecule has 16 heavy (non-hydrogen) atoms. The number of rotatable bonds is 2. The van der Waals surface area contributed by atoms with Gasteiger partial charge in [-0.15, -0.1) is 24.6 Å². The van der Waals surface area contributed by atoms with Crippen LogP contribution in [-0.4, -0.2) is 30.0 Å². The second kappa shape index (κ2) is 10.3. The summed E-state index contributed by atoms with van der Waals surface area (Å²) in [6.45, 7) is 24.7. The van der Waals surface area contributed by atoms with Gasteiger partial charge in [0.25, 0.3) is 0 Å². The van der Waals surface area contributed by atoms with Crippen LogP contribution in [0.2, 0.25) is 52.4 Å². The van der Waals surface area contributed by atoms with E-state index in [9.17, 15) is 0 Å². The molecule has 0 aromatic heterocycles. The van der Waals surface area contributed by atoms with E-state index in [2.05, 4.69) is 63.8 Å². The highest BCUT2D eigenvalue weighted by atomic mass is 28.3. The quantitative estimate of drug-likeness (QED) is 0.754. The smallest absolute Gasteiger partial charge is 0.166 e. The molecule has 4 heteroatoms. The zero-order valence-electron chi connectivity index (χ0n) is 12.6. The maximum Gasteiger partial charge on any atom is 0.166 e. The van der Waals surface area contributed by atoms with Crippen LogP contribution in [0.3, 0.4) is 0 Å². The Kier molecular flexibility index (Phi) is 13.7. The van der Waals surface area contributed by atoms with Crippen molar-refractivity contribution in [3.8, 4) is 0 Å². The van der Waals surface area contributed by atoms with Gasteiger partial charge in [-0.3, -0.25) is 0 Å². The molecule has 0 saturated heterocycles. The summed E-state index contributed by atoms with van der Waals surface area (Å²) in [5.41, 5.74) is 4.15. The highest BCUT2D eigenvalue weighted by Gasteiger charge is 2.03. The highest BCUT2D eigenvalue weighted by Crippen LogP contribution is 1.98. The molecule has 0 saturated carbocycles. The largest absolute Gasteiger partial charge is 0.435 e. The Labute approximate surface area is 107 Å². The van der Waals surface area contributed by atoms with Gasteiger partial charge < -0.3 is 4.80 Å². The normalized spacial score (nSPS) is 10.6. The molecule has 0 heterocycles. The lowest BCUT2D eigenvalue weighted by atomic mass is 11.3. The molecule has 0 unspecified atom stereocenters. The van der Waals surface area contributed by atoms with Crippen LogP contribution >= 0.6 is 0 Å². The molecule has 0 aromatic carbocycles. The van der Waals surface area contributed by atoms with Crippen molar-refractivity contribution in [2.24, 2.45) is 0 Å². The fraction of sp³-hybridized carbons (Fsp3) is 0.667. The zero-order valence-corrected chi connectivity index (χ0v) is 15.7. The molecule has 0 aliphatic heterocycles. The lowest BCUT2D eigenvalue weighted by Crippen LogP contribution is -2.14. The summed E-state index contributed by atoms with van der Waals surface area (Å²) < 4.78 is 0. The summed E-state index contributed by atoms with van der Waals surface area (Å²) in [7, 11) is -2.87. The molecule has 0 atom stereocenters. The van der Waals surface area contributed by atoms with Crippen molar-refractivity contribution < 1.29 is 4.80 Å². The number of hydrogen-bond acceptors (Lipinski definition) is 1. The zero-order chi connectivity index (χ0) is 14.0. The molecular formula is C12H32OSi3. The van der Waals surface area contributed by atoms with E-state index in [-0.39, 0.29) is 0 Å². The molecule has 0 radical (unpaired) electrons. The molecule has 0 aromatic rings. The summed E-state index contributed by atoms with van der Waals surface area (Å²) in [5.74, 6) is 0. The Morgan fingerprint density at radius 1 is 0.812 bits per heavy atom. The lowest BCUT2D eigenvalue weighted by Gasteiger charge is -2.04. The Balaban J connectivity index is -0.000000162. The van der Waals surface area contributed by atoms with Crippen molar-refractivity contribution in [2.75, 3.05) is 0 Å². The van der Waals surface area contributed by atoms with Gasteiger partial charge in [-0.1, -0.05) is 39.3 Å². The highest BCUT2D eigenvalue weighted by molar-refractivity contribution is 6.81. The summed E-state index contributed by atoms with van der Waals surface area (Å²) in [6.07, 6.45) is 0. The van der Waals surface area contributed by atoms with Crippen molar-refractivity contribution in [3.05, 3.63) is 24.6 Å². The maximum atomic E-state index is 8.19. The van der Waals surface area contributed by atoms with Crippen LogP contribution in [0.4, 0.5) is 0 Å². The van der Waals surface area contributed by atoms with Gasteiger partial charge in [-0.05, 0) is 13.1 Å². The van der Waals surface area contributed by atoms with E-state index in [4.69, 9.17) is 4.80 Å². The van der Waals surface area contributed by atoms with Crippen molar-refractivity contribution in [3.63, 3.8) is 0 Å². The Morgan fingerprint density at radius 3 is 0.875 bits per heavy atom. The third-order valence-electron chi connectivity index (χ3n) is 1.22. The average molecular weight is 277 g/mol. The second-order valence-electron chi connectivity index (χ2n) is 6.23. The molecule has 1 N–H and O–H groups in total. The second-order valence-corrected chi connectivity index (χ2v) is 18.7. The lowest BCUT2D eigenvalue weighted by molar-refractivity contribution is 0.587. The monoisotopic (exact) mass is 276 g/mol. The topological polar surface area (TPSA) is 20.2 Å². The van der Waals surface area contributed by atoms with Gasteiger partial charge in [0.2, 0.25) is 0 Å². The van der Waals surface area contributed by atoms with E-state index in [1.54, 1.807) is 0 Å². The van der Waals surface area contributed by atoms with Crippen LogP contribution in [0.1, 0.15) is 0 Å². The Morgan fingerprint density at radius 2 is 0.875 bits per heavy atom. The van der Waals surface area contributed by atoms with Gasteiger partial charge in [-0.25, -0.2) is 0 Å². The summed E-state index contributed by atoms with van der Waals surface area (Å²) in [4.78, 5) is 8.19. The minimum absolute atomic E-state index is 0.867. The third kappa shape index (κ3) is 65.1.